The van der Waals surface area contributed by atoms with Gasteiger partial charge in [0.15, 0.2) is 5.60 Å². The molecule has 0 radical (unpaired) electrons. The van der Waals surface area contributed by atoms with Crippen molar-refractivity contribution < 1.29 is 28.5 Å². The summed E-state index contributed by atoms with van der Waals surface area (Å²) in [7, 11) is 0. The van der Waals surface area contributed by atoms with E-state index in [1.54, 1.807) is 4.90 Å². The van der Waals surface area contributed by atoms with Gasteiger partial charge in [0, 0.05) is 19.6 Å². The van der Waals surface area contributed by atoms with Crippen LogP contribution >= 0.6 is 0 Å². The minimum atomic E-state index is -4.56. The van der Waals surface area contributed by atoms with Gasteiger partial charge in [0.2, 0.25) is 0 Å². The fourth-order valence-electron chi connectivity index (χ4n) is 7.18. The number of fused-ring (bicyclic) bond motifs is 1. The number of nitrogens with zero attached hydrogens (tertiary/aromatic N) is 1. The molecule has 1 heterocycles. The second kappa shape index (κ2) is 8.81. The summed E-state index contributed by atoms with van der Waals surface area (Å²) in [6.45, 7) is 8.23. The Kier molecular flexibility index (Phi) is 6.66. The van der Waals surface area contributed by atoms with E-state index in [4.69, 9.17) is 0 Å². The first-order chi connectivity index (χ1) is 15.3. The molecule has 0 spiro atoms. The van der Waals surface area contributed by atoms with Crippen molar-refractivity contribution in [2.75, 3.05) is 19.6 Å². The highest BCUT2D eigenvalue weighted by Gasteiger charge is 2.61. The minimum Gasteiger partial charge on any atom is -0.388 e. The van der Waals surface area contributed by atoms with Crippen LogP contribution in [-0.2, 0) is 0 Å². The van der Waals surface area contributed by atoms with E-state index in [-0.39, 0.29) is 24.4 Å². The van der Waals surface area contributed by atoms with Crippen molar-refractivity contribution in [3.8, 4) is 0 Å². The fourth-order valence-corrected chi connectivity index (χ4v) is 7.18. The molecule has 1 aliphatic heterocycles. The number of β-amino-alcohol motifs (C(OH)–C–C–N with tert-alkyl or cyclic N) is 1. The number of hydrogen-bond donors (Lipinski definition) is 3. The van der Waals surface area contributed by atoms with E-state index in [9.17, 15) is 28.5 Å². The third-order valence-electron chi connectivity index (χ3n) is 9.07. The maximum atomic E-state index is 13.0. The molecule has 3 aliphatic carbocycles. The second-order valence-corrected chi connectivity index (χ2v) is 11.4. The zero-order valence-electron chi connectivity index (χ0n) is 19.7. The second-order valence-electron chi connectivity index (χ2n) is 11.4. The molecule has 6 atom stereocenters. The SMILES string of the molecule is C=C1[C@H](O)CC(=C/C=C2\CCC[C@]3(C)[C@@H](C(C)CN4CC(O)(C(F)(F)F)C4)CC[C@@H]23)C[C@H]1O. The van der Waals surface area contributed by atoms with Gasteiger partial charge in [-0.3, -0.25) is 4.90 Å². The van der Waals surface area contributed by atoms with Crippen molar-refractivity contribution in [2.45, 2.75) is 82.8 Å². The molecule has 4 aliphatic rings. The predicted molar refractivity (Wildman–Crippen MR) is 121 cm³/mol. The Morgan fingerprint density at radius 2 is 1.79 bits per heavy atom. The number of likely N-dealkylation sites (tertiary alicyclic amines) is 1. The smallest absolute Gasteiger partial charge is 0.388 e. The summed E-state index contributed by atoms with van der Waals surface area (Å²) >= 11 is 0. The van der Waals surface area contributed by atoms with E-state index in [0.717, 1.165) is 37.7 Å². The summed E-state index contributed by atoms with van der Waals surface area (Å²) in [6.07, 6.45) is 4.82. The summed E-state index contributed by atoms with van der Waals surface area (Å²) < 4.78 is 38.9. The third-order valence-corrected chi connectivity index (χ3v) is 9.07. The van der Waals surface area contributed by atoms with Gasteiger partial charge < -0.3 is 15.3 Å². The monoisotopic (exact) mass is 469 g/mol. The summed E-state index contributed by atoms with van der Waals surface area (Å²) in [5.41, 5.74) is 0.547. The lowest BCUT2D eigenvalue weighted by Gasteiger charge is -2.50. The lowest BCUT2D eigenvalue weighted by Crippen LogP contribution is -2.69. The molecule has 186 valence electrons. The fraction of sp³-hybridized carbons (Fsp3) is 0.769. The highest BCUT2D eigenvalue weighted by atomic mass is 19.4. The van der Waals surface area contributed by atoms with Gasteiger partial charge in [-0.1, -0.05) is 43.7 Å². The summed E-state index contributed by atoms with van der Waals surface area (Å²) in [6, 6.07) is 0. The molecule has 4 fully saturated rings. The van der Waals surface area contributed by atoms with E-state index >= 15 is 0 Å². The van der Waals surface area contributed by atoms with Crippen LogP contribution in [0.15, 0.2) is 35.5 Å². The Morgan fingerprint density at radius 1 is 1.15 bits per heavy atom. The van der Waals surface area contributed by atoms with Crippen LogP contribution in [0, 0.1) is 23.2 Å². The van der Waals surface area contributed by atoms with Crippen molar-refractivity contribution >= 4 is 0 Å². The van der Waals surface area contributed by atoms with Crippen LogP contribution in [0.5, 0.6) is 0 Å². The van der Waals surface area contributed by atoms with Crippen molar-refractivity contribution in [3.05, 3.63) is 35.5 Å². The number of aliphatic hydroxyl groups is 3. The Hall–Kier alpha value is -1.15. The highest BCUT2D eigenvalue weighted by molar-refractivity contribution is 5.29. The standard InChI is InChI=1S/C26H38F3NO3/c1-16(13-30-14-25(33,15-30)26(27,28)29)20-8-9-21-19(5-4-10-24(20,21)3)7-6-18-11-22(31)17(2)23(32)12-18/h6-7,16,20-23,31-33H,2,4-5,8-15H2,1,3H3/b19-7+/t16?,20-,21+,22-,23-,24-/m1/s1. The first-order valence-corrected chi connectivity index (χ1v) is 12.3. The zero-order chi connectivity index (χ0) is 24.2. The normalized spacial score (nSPS) is 39.3. The third kappa shape index (κ3) is 4.58. The molecule has 1 unspecified atom stereocenters. The van der Waals surface area contributed by atoms with Crippen LogP contribution in [-0.4, -0.2) is 63.8 Å². The quantitative estimate of drug-likeness (QED) is 0.535. The lowest BCUT2D eigenvalue weighted by molar-refractivity contribution is -0.302. The molecule has 33 heavy (non-hydrogen) atoms. The molecule has 4 nitrogen and oxygen atoms in total. The highest BCUT2D eigenvalue weighted by Crippen LogP contribution is 2.59. The van der Waals surface area contributed by atoms with E-state index in [1.165, 1.54) is 5.57 Å². The molecule has 0 aromatic heterocycles. The van der Waals surface area contributed by atoms with Gasteiger partial charge in [-0.25, -0.2) is 0 Å². The summed E-state index contributed by atoms with van der Waals surface area (Å²) in [5.74, 6) is 1.18. The van der Waals surface area contributed by atoms with Crippen LogP contribution in [0.2, 0.25) is 0 Å². The van der Waals surface area contributed by atoms with Gasteiger partial charge in [0.05, 0.1) is 12.2 Å². The maximum absolute atomic E-state index is 13.0. The predicted octanol–water partition coefficient (Wildman–Crippen LogP) is 4.37. The molecular weight excluding hydrogens is 431 g/mol. The van der Waals surface area contributed by atoms with Gasteiger partial charge in [-0.2, -0.15) is 13.2 Å². The Balaban J connectivity index is 1.41. The molecule has 3 saturated carbocycles. The van der Waals surface area contributed by atoms with Crippen molar-refractivity contribution in [2.24, 2.45) is 23.2 Å². The van der Waals surface area contributed by atoms with Gasteiger partial charge in [0.1, 0.15) is 0 Å². The summed E-state index contributed by atoms with van der Waals surface area (Å²) in [4.78, 5) is 1.74. The van der Waals surface area contributed by atoms with E-state index in [2.05, 4.69) is 32.6 Å². The number of halogens is 3. The largest absolute Gasteiger partial charge is 0.419 e. The molecule has 3 N–H and O–H groups in total. The molecule has 0 aromatic rings. The molecule has 0 amide bonds. The van der Waals surface area contributed by atoms with Crippen molar-refractivity contribution in [1.29, 1.82) is 0 Å². The van der Waals surface area contributed by atoms with Crippen LogP contribution in [0.1, 0.15) is 58.8 Å². The van der Waals surface area contributed by atoms with E-state index < -0.39 is 24.0 Å². The number of alkyl halides is 3. The molecular formula is C26H38F3NO3. The lowest BCUT2D eigenvalue weighted by atomic mass is 9.61. The van der Waals surface area contributed by atoms with Crippen LogP contribution in [0.4, 0.5) is 13.2 Å². The Morgan fingerprint density at radius 3 is 2.39 bits per heavy atom. The number of aliphatic hydroxyl groups excluding tert-OH is 2. The number of rotatable bonds is 4. The average molecular weight is 470 g/mol. The molecule has 4 rings (SSSR count). The number of allylic oxidation sites excluding steroid dienone is 3. The number of hydrogen-bond acceptors (Lipinski definition) is 4. The maximum Gasteiger partial charge on any atom is 0.419 e. The van der Waals surface area contributed by atoms with Crippen LogP contribution in [0.3, 0.4) is 0 Å². The van der Waals surface area contributed by atoms with Gasteiger partial charge in [-0.15, -0.1) is 0 Å². The van der Waals surface area contributed by atoms with Gasteiger partial charge >= 0.3 is 6.18 Å². The van der Waals surface area contributed by atoms with Crippen LogP contribution in [0.25, 0.3) is 0 Å². The Bertz CT molecular complexity index is 813. The first kappa shape index (κ1) is 25.0. The molecule has 1 saturated heterocycles. The van der Waals surface area contributed by atoms with Crippen molar-refractivity contribution in [1.82, 2.24) is 4.90 Å². The molecule has 0 bridgehead atoms. The minimum absolute atomic E-state index is 0.132. The van der Waals surface area contributed by atoms with Gasteiger partial charge in [-0.05, 0) is 73.7 Å². The average Bonchev–Trinajstić information content (AvgIpc) is 3.05. The molecule has 7 heteroatoms. The first-order valence-electron chi connectivity index (χ1n) is 12.3. The summed E-state index contributed by atoms with van der Waals surface area (Å²) in [5, 5.41) is 30.0. The molecule has 0 aromatic carbocycles. The van der Waals surface area contributed by atoms with Crippen LogP contribution < -0.4 is 0 Å². The van der Waals surface area contributed by atoms with E-state index in [1.807, 2.05) is 0 Å². The van der Waals surface area contributed by atoms with Crippen molar-refractivity contribution in [3.63, 3.8) is 0 Å². The van der Waals surface area contributed by atoms with E-state index in [0.29, 0.717) is 36.8 Å². The van der Waals surface area contributed by atoms with Gasteiger partial charge in [0.25, 0.3) is 0 Å². The topological polar surface area (TPSA) is 63.9 Å². The Labute approximate surface area is 194 Å². The zero-order valence-corrected chi connectivity index (χ0v) is 19.7.